The van der Waals surface area contributed by atoms with Crippen molar-refractivity contribution >= 4 is 77.0 Å². The van der Waals surface area contributed by atoms with Gasteiger partial charge in [-0.05, 0) is 76.2 Å². The highest BCUT2D eigenvalue weighted by atomic mass is 16.3. The Hall–Kier alpha value is -6.13. The molecular weight excluding hydrogens is 587 g/mol. The van der Waals surface area contributed by atoms with Gasteiger partial charge in [-0.1, -0.05) is 98.8 Å². The van der Waals surface area contributed by atoms with Crippen molar-refractivity contribution in [2.24, 2.45) is 0 Å². The van der Waals surface area contributed by atoms with Crippen LogP contribution >= 0.6 is 0 Å². The second-order valence-electron chi connectivity index (χ2n) is 13.6. The van der Waals surface area contributed by atoms with Gasteiger partial charge >= 0.3 is 0 Å². The van der Waals surface area contributed by atoms with Gasteiger partial charge < -0.3 is 13.7 Å². The Morgan fingerprint density at radius 1 is 0.604 bits per heavy atom. The molecule has 0 unspecified atom stereocenters. The van der Waals surface area contributed by atoms with E-state index in [2.05, 4.69) is 162 Å². The molecule has 3 aromatic heterocycles. The lowest BCUT2D eigenvalue weighted by atomic mass is 9.82. The molecule has 0 fully saturated rings. The normalized spacial score (nSPS) is 13.8. The summed E-state index contributed by atoms with van der Waals surface area (Å²) >= 11 is 0. The first-order valence-corrected chi connectivity index (χ1v) is 16.5. The van der Waals surface area contributed by atoms with Crippen LogP contribution in [0.15, 0.2) is 144 Å². The van der Waals surface area contributed by atoms with Crippen LogP contribution in [0.25, 0.3) is 71.1 Å². The third-order valence-corrected chi connectivity index (χ3v) is 10.8. The summed E-state index contributed by atoms with van der Waals surface area (Å²) in [6, 6.07) is 48.9. The second-order valence-corrected chi connectivity index (χ2v) is 13.6. The molecule has 1 aliphatic carbocycles. The maximum absolute atomic E-state index is 6.13. The molecular formula is C44H29N3O. The maximum Gasteiger partial charge on any atom is 0.182 e. The number of oxazole rings is 1. The standard InChI is InChI=1S/C44H29N3O/c1-44(2)35-15-7-5-13-30(35)31-20-18-28(23-36(31)44)46(38-17-9-11-26-10-3-4-12-29(26)38)27-19-21-40-34(22-27)41-42-33(24-37-43(41)48-25-45-37)32-14-6-8-16-39(32)47(40)42/h3-25H,1-2H3. The number of hydrogen-bond donors (Lipinski definition) is 0. The molecule has 0 N–H and O–H groups in total. The van der Waals surface area contributed by atoms with E-state index < -0.39 is 0 Å². The van der Waals surface area contributed by atoms with Gasteiger partial charge in [-0.3, -0.25) is 0 Å². The summed E-state index contributed by atoms with van der Waals surface area (Å²) < 4.78 is 8.53. The molecule has 4 heteroatoms. The number of para-hydroxylation sites is 1. The minimum Gasteiger partial charge on any atom is -0.443 e. The van der Waals surface area contributed by atoms with Gasteiger partial charge in [-0.15, -0.1) is 0 Å². The number of aromatic nitrogens is 2. The van der Waals surface area contributed by atoms with E-state index in [4.69, 9.17) is 4.42 Å². The highest BCUT2D eigenvalue weighted by molar-refractivity contribution is 6.30. The highest BCUT2D eigenvalue weighted by Gasteiger charge is 2.36. The fourth-order valence-corrected chi connectivity index (χ4v) is 8.67. The molecule has 0 saturated carbocycles. The summed E-state index contributed by atoms with van der Waals surface area (Å²) in [5, 5.41) is 7.11. The molecule has 0 atom stereocenters. The summed E-state index contributed by atoms with van der Waals surface area (Å²) in [6.45, 7) is 4.70. The number of fused-ring (bicyclic) bond motifs is 12. The molecule has 11 rings (SSSR count). The predicted octanol–water partition coefficient (Wildman–Crippen LogP) is 11.9. The van der Waals surface area contributed by atoms with E-state index in [1.54, 1.807) is 6.39 Å². The predicted molar refractivity (Wildman–Crippen MR) is 198 cm³/mol. The quantitative estimate of drug-likeness (QED) is 0.198. The summed E-state index contributed by atoms with van der Waals surface area (Å²) in [5.41, 5.74) is 13.9. The summed E-state index contributed by atoms with van der Waals surface area (Å²) in [4.78, 5) is 7.06. The van der Waals surface area contributed by atoms with Gasteiger partial charge in [0.2, 0.25) is 0 Å². The summed E-state index contributed by atoms with van der Waals surface area (Å²) in [5.74, 6) is 0. The van der Waals surface area contributed by atoms with Crippen molar-refractivity contribution in [3.05, 3.63) is 151 Å². The van der Waals surface area contributed by atoms with Gasteiger partial charge in [0.1, 0.15) is 5.52 Å². The van der Waals surface area contributed by atoms with Gasteiger partial charge in [-0.2, -0.15) is 0 Å². The molecule has 4 nitrogen and oxygen atoms in total. The average Bonchev–Trinajstić information content (AvgIpc) is 3.87. The van der Waals surface area contributed by atoms with Crippen molar-refractivity contribution in [2.45, 2.75) is 19.3 Å². The van der Waals surface area contributed by atoms with Gasteiger partial charge in [0, 0.05) is 38.3 Å². The lowest BCUT2D eigenvalue weighted by Gasteiger charge is -2.29. The van der Waals surface area contributed by atoms with Crippen LogP contribution < -0.4 is 4.90 Å². The van der Waals surface area contributed by atoms with E-state index >= 15 is 0 Å². The molecule has 48 heavy (non-hydrogen) atoms. The molecule has 226 valence electrons. The molecule has 0 saturated heterocycles. The summed E-state index contributed by atoms with van der Waals surface area (Å²) in [6.07, 6.45) is 1.57. The minimum atomic E-state index is -0.109. The molecule has 3 heterocycles. The van der Waals surface area contributed by atoms with E-state index in [9.17, 15) is 0 Å². The molecule has 0 amide bonds. The van der Waals surface area contributed by atoms with E-state index in [1.807, 2.05) is 0 Å². The van der Waals surface area contributed by atoms with Crippen LogP contribution in [0.4, 0.5) is 17.1 Å². The Labute approximate surface area is 276 Å². The van der Waals surface area contributed by atoms with Gasteiger partial charge in [-0.25, -0.2) is 4.98 Å². The topological polar surface area (TPSA) is 33.7 Å². The fourth-order valence-electron chi connectivity index (χ4n) is 8.67. The molecule has 1 aliphatic rings. The zero-order valence-corrected chi connectivity index (χ0v) is 26.5. The van der Waals surface area contributed by atoms with Crippen LogP contribution in [0.1, 0.15) is 25.0 Å². The van der Waals surface area contributed by atoms with E-state index in [0.717, 1.165) is 44.5 Å². The zero-order chi connectivity index (χ0) is 31.7. The Morgan fingerprint density at radius 2 is 1.33 bits per heavy atom. The Kier molecular flexibility index (Phi) is 4.88. The minimum absolute atomic E-state index is 0.109. The maximum atomic E-state index is 6.13. The van der Waals surface area contributed by atoms with Crippen molar-refractivity contribution in [2.75, 3.05) is 4.90 Å². The molecule has 10 aromatic rings. The van der Waals surface area contributed by atoms with E-state index in [0.29, 0.717) is 0 Å². The zero-order valence-electron chi connectivity index (χ0n) is 26.5. The Morgan fingerprint density at radius 3 is 2.27 bits per heavy atom. The first-order valence-electron chi connectivity index (χ1n) is 16.5. The number of hydrogen-bond acceptors (Lipinski definition) is 3. The van der Waals surface area contributed by atoms with Crippen molar-refractivity contribution in [1.29, 1.82) is 0 Å². The lowest BCUT2D eigenvalue weighted by Crippen LogP contribution is -2.16. The third kappa shape index (κ3) is 3.22. The van der Waals surface area contributed by atoms with Crippen molar-refractivity contribution in [1.82, 2.24) is 9.38 Å². The van der Waals surface area contributed by atoms with Crippen LogP contribution in [0.2, 0.25) is 0 Å². The molecule has 0 spiro atoms. The lowest BCUT2D eigenvalue weighted by molar-refractivity contribution is 0.605. The Balaban J connectivity index is 1.23. The van der Waals surface area contributed by atoms with Crippen molar-refractivity contribution in [3.8, 4) is 11.1 Å². The number of benzene rings is 7. The van der Waals surface area contributed by atoms with Crippen LogP contribution in [0.5, 0.6) is 0 Å². The first kappa shape index (κ1) is 26.0. The molecule has 7 aromatic carbocycles. The Bertz CT molecular complexity index is 2940. The van der Waals surface area contributed by atoms with Gasteiger partial charge in [0.15, 0.2) is 12.0 Å². The van der Waals surface area contributed by atoms with Crippen LogP contribution in [0.3, 0.4) is 0 Å². The number of anilines is 3. The van der Waals surface area contributed by atoms with Gasteiger partial charge in [0.25, 0.3) is 0 Å². The summed E-state index contributed by atoms with van der Waals surface area (Å²) in [7, 11) is 0. The highest BCUT2D eigenvalue weighted by Crippen LogP contribution is 2.51. The van der Waals surface area contributed by atoms with Crippen molar-refractivity contribution < 1.29 is 4.42 Å². The fraction of sp³-hybridized carbons (Fsp3) is 0.0682. The molecule has 0 radical (unpaired) electrons. The second kappa shape index (κ2) is 9.02. The largest absolute Gasteiger partial charge is 0.443 e. The van der Waals surface area contributed by atoms with Gasteiger partial charge in [0.05, 0.1) is 27.6 Å². The number of rotatable bonds is 3. The smallest absolute Gasteiger partial charge is 0.182 e. The first-order chi connectivity index (χ1) is 23.6. The van der Waals surface area contributed by atoms with Crippen LogP contribution in [0, 0.1) is 0 Å². The van der Waals surface area contributed by atoms with Crippen molar-refractivity contribution in [3.63, 3.8) is 0 Å². The van der Waals surface area contributed by atoms with Crippen LogP contribution in [-0.4, -0.2) is 9.38 Å². The van der Waals surface area contributed by atoms with E-state index in [1.165, 1.54) is 54.8 Å². The molecule has 0 aliphatic heterocycles. The third-order valence-electron chi connectivity index (χ3n) is 10.8. The van der Waals surface area contributed by atoms with E-state index in [-0.39, 0.29) is 5.41 Å². The van der Waals surface area contributed by atoms with Crippen LogP contribution in [-0.2, 0) is 5.41 Å². The SMILES string of the molecule is CC1(C)c2ccccc2-c2ccc(N(c3ccc4c(c3)c3c5ocnc5cc5c6ccccc6n4c53)c3cccc4ccccc34)cc21. The molecule has 0 bridgehead atoms. The number of nitrogens with zero attached hydrogens (tertiary/aromatic N) is 3. The average molecular weight is 616 g/mol. The monoisotopic (exact) mass is 615 g/mol.